The second kappa shape index (κ2) is 6.15. The van der Waals surface area contributed by atoms with E-state index in [0.29, 0.717) is 11.6 Å². The van der Waals surface area contributed by atoms with E-state index < -0.39 is 23.3 Å². The van der Waals surface area contributed by atoms with Crippen LogP contribution >= 0.6 is 15.9 Å². The SMILES string of the molecule is Cc1cc(C(=O)C(C#N)c2cc(F)cc(F)c2)ccc1Br. The van der Waals surface area contributed by atoms with Crippen LogP contribution in [0.3, 0.4) is 0 Å². The van der Waals surface area contributed by atoms with E-state index >= 15 is 0 Å². The van der Waals surface area contributed by atoms with Crippen molar-refractivity contribution in [2.24, 2.45) is 0 Å². The van der Waals surface area contributed by atoms with Gasteiger partial charge in [0.2, 0.25) is 0 Å². The Hall–Kier alpha value is -2.06. The maximum Gasteiger partial charge on any atom is 0.184 e. The van der Waals surface area contributed by atoms with E-state index in [1.807, 2.05) is 13.0 Å². The van der Waals surface area contributed by atoms with Crippen LogP contribution in [0.2, 0.25) is 0 Å². The van der Waals surface area contributed by atoms with Gasteiger partial charge >= 0.3 is 0 Å². The van der Waals surface area contributed by atoms with Crippen LogP contribution in [-0.4, -0.2) is 5.78 Å². The van der Waals surface area contributed by atoms with Crippen molar-refractivity contribution in [3.05, 3.63) is 69.2 Å². The maximum absolute atomic E-state index is 13.2. The van der Waals surface area contributed by atoms with Crippen LogP contribution in [0.1, 0.15) is 27.4 Å². The molecule has 1 unspecified atom stereocenters. The average Bonchev–Trinajstić information content (AvgIpc) is 2.41. The van der Waals surface area contributed by atoms with Crippen molar-refractivity contribution in [1.29, 1.82) is 5.26 Å². The molecule has 106 valence electrons. The molecule has 2 aromatic carbocycles. The van der Waals surface area contributed by atoms with E-state index in [2.05, 4.69) is 15.9 Å². The van der Waals surface area contributed by atoms with E-state index in [0.717, 1.165) is 22.2 Å². The van der Waals surface area contributed by atoms with Crippen LogP contribution in [0.25, 0.3) is 0 Å². The fourth-order valence-electron chi connectivity index (χ4n) is 1.99. The van der Waals surface area contributed by atoms with E-state index in [4.69, 9.17) is 0 Å². The summed E-state index contributed by atoms with van der Waals surface area (Å²) in [5.74, 6) is -3.36. The van der Waals surface area contributed by atoms with Gasteiger partial charge in [0, 0.05) is 16.1 Å². The van der Waals surface area contributed by atoms with Crippen LogP contribution in [-0.2, 0) is 0 Å². The predicted octanol–water partition coefficient (Wildman–Crippen LogP) is 4.53. The zero-order valence-corrected chi connectivity index (χ0v) is 12.6. The number of ketones is 1. The number of aryl methyl sites for hydroxylation is 1. The topological polar surface area (TPSA) is 40.9 Å². The molecule has 2 rings (SSSR count). The number of carbonyl (C=O) groups is 1. The first-order chi connectivity index (χ1) is 9.92. The fraction of sp³-hybridized carbons (Fsp3) is 0.125. The Kier molecular flexibility index (Phi) is 4.49. The number of hydrogen-bond acceptors (Lipinski definition) is 2. The molecular weight excluding hydrogens is 340 g/mol. The van der Waals surface area contributed by atoms with Gasteiger partial charge in [-0.3, -0.25) is 4.79 Å². The average molecular weight is 350 g/mol. The molecule has 2 aromatic rings. The highest BCUT2D eigenvalue weighted by molar-refractivity contribution is 9.10. The lowest BCUT2D eigenvalue weighted by molar-refractivity contribution is 0.0978. The molecule has 0 saturated carbocycles. The molecule has 0 N–H and O–H groups in total. The van der Waals surface area contributed by atoms with Gasteiger partial charge in [0.15, 0.2) is 5.78 Å². The number of nitriles is 1. The Morgan fingerprint density at radius 1 is 1.19 bits per heavy atom. The number of Topliss-reactive ketones (excluding diaryl/α,β-unsaturated/α-hetero) is 1. The third-order valence-electron chi connectivity index (χ3n) is 3.05. The lowest BCUT2D eigenvalue weighted by Gasteiger charge is -2.10. The fourth-order valence-corrected chi connectivity index (χ4v) is 2.24. The second-order valence-electron chi connectivity index (χ2n) is 4.59. The maximum atomic E-state index is 13.2. The number of nitrogens with zero attached hydrogens (tertiary/aromatic N) is 1. The Balaban J connectivity index is 2.43. The number of hydrogen-bond donors (Lipinski definition) is 0. The van der Waals surface area contributed by atoms with Crippen LogP contribution in [0, 0.1) is 29.9 Å². The smallest absolute Gasteiger partial charge is 0.184 e. The van der Waals surface area contributed by atoms with Gasteiger partial charge in [0.25, 0.3) is 0 Å². The van der Waals surface area contributed by atoms with Crippen molar-refractivity contribution in [2.45, 2.75) is 12.8 Å². The molecule has 0 fully saturated rings. The summed E-state index contributed by atoms with van der Waals surface area (Å²) < 4.78 is 27.3. The predicted molar refractivity (Wildman–Crippen MR) is 77.9 cm³/mol. The molecule has 0 aliphatic carbocycles. The first-order valence-corrected chi connectivity index (χ1v) is 6.87. The summed E-state index contributed by atoms with van der Waals surface area (Å²) in [5.41, 5.74) is 1.18. The van der Waals surface area contributed by atoms with Crippen molar-refractivity contribution < 1.29 is 13.6 Å². The van der Waals surface area contributed by atoms with Gasteiger partial charge in [-0.25, -0.2) is 8.78 Å². The standard InChI is InChI=1S/C16H10BrF2NO/c1-9-4-10(2-3-15(9)17)16(21)14(8-20)11-5-12(18)7-13(19)6-11/h2-7,14H,1H3. The normalized spacial score (nSPS) is 11.8. The largest absolute Gasteiger partial charge is 0.292 e. The number of halogens is 3. The third-order valence-corrected chi connectivity index (χ3v) is 3.94. The van der Waals surface area contributed by atoms with Gasteiger partial charge in [0.1, 0.15) is 17.6 Å². The number of carbonyl (C=O) groups excluding carboxylic acids is 1. The molecule has 0 radical (unpaired) electrons. The first kappa shape index (κ1) is 15.3. The quantitative estimate of drug-likeness (QED) is 0.764. The van der Waals surface area contributed by atoms with Crippen molar-refractivity contribution in [3.8, 4) is 6.07 Å². The van der Waals surface area contributed by atoms with Crippen LogP contribution < -0.4 is 0 Å². The minimum atomic E-state index is -1.24. The summed E-state index contributed by atoms with van der Waals surface area (Å²) in [5, 5.41) is 9.19. The monoisotopic (exact) mass is 349 g/mol. The summed E-state index contributed by atoms with van der Waals surface area (Å²) in [7, 11) is 0. The van der Waals surface area contributed by atoms with E-state index in [1.165, 1.54) is 0 Å². The Labute approximate surface area is 129 Å². The van der Waals surface area contributed by atoms with Gasteiger partial charge < -0.3 is 0 Å². The molecule has 0 amide bonds. The summed E-state index contributed by atoms with van der Waals surface area (Å²) in [6, 6.07) is 9.41. The summed E-state index contributed by atoms with van der Waals surface area (Å²) in [4.78, 5) is 12.4. The molecule has 21 heavy (non-hydrogen) atoms. The highest BCUT2D eigenvalue weighted by Crippen LogP contribution is 2.25. The molecule has 5 heteroatoms. The van der Waals surface area contributed by atoms with Gasteiger partial charge in [-0.1, -0.05) is 22.0 Å². The lowest BCUT2D eigenvalue weighted by atomic mass is 9.91. The van der Waals surface area contributed by atoms with Gasteiger partial charge in [-0.15, -0.1) is 0 Å². The summed E-state index contributed by atoms with van der Waals surface area (Å²) in [6.07, 6.45) is 0. The summed E-state index contributed by atoms with van der Waals surface area (Å²) in [6.45, 7) is 1.81. The highest BCUT2D eigenvalue weighted by Gasteiger charge is 2.23. The Morgan fingerprint density at radius 2 is 1.81 bits per heavy atom. The zero-order valence-electron chi connectivity index (χ0n) is 11.0. The van der Waals surface area contributed by atoms with Crippen molar-refractivity contribution in [3.63, 3.8) is 0 Å². The second-order valence-corrected chi connectivity index (χ2v) is 5.45. The minimum absolute atomic E-state index is 0.0144. The molecule has 0 spiro atoms. The van der Waals surface area contributed by atoms with Crippen molar-refractivity contribution in [2.75, 3.05) is 0 Å². The Morgan fingerprint density at radius 3 is 2.33 bits per heavy atom. The zero-order chi connectivity index (χ0) is 15.6. The van der Waals surface area contributed by atoms with E-state index in [-0.39, 0.29) is 5.56 Å². The molecule has 0 bridgehead atoms. The van der Waals surface area contributed by atoms with Gasteiger partial charge in [-0.2, -0.15) is 5.26 Å². The Bertz CT molecular complexity index is 732. The highest BCUT2D eigenvalue weighted by atomic mass is 79.9. The molecule has 2 nitrogen and oxygen atoms in total. The third kappa shape index (κ3) is 3.34. The number of rotatable bonds is 3. The van der Waals surface area contributed by atoms with Crippen LogP contribution in [0.4, 0.5) is 8.78 Å². The number of benzene rings is 2. The minimum Gasteiger partial charge on any atom is -0.292 e. The van der Waals surface area contributed by atoms with Crippen LogP contribution in [0.5, 0.6) is 0 Å². The van der Waals surface area contributed by atoms with E-state index in [9.17, 15) is 18.8 Å². The molecule has 0 aromatic heterocycles. The van der Waals surface area contributed by atoms with Gasteiger partial charge in [0.05, 0.1) is 6.07 Å². The van der Waals surface area contributed by atoms with Crippen molar-refractivity contribution in [1.82, 2.24) is 0 Å². The summed E-state index contributed by atoms with van der Waals surface area (Å²) >= 11 is 3.32. The lowest BCUT2D eigenvalue weighted by Crippen LogP contribution is -2.12. The van der Waals surface area contributed by atoms with Crippen molar-refractivity contribution >= 4 is 21.7 Å². The molecular formula is C16H10BrF2NO. The molecule has 0 heterocycles. The van der Waals surface area contributed by atoms with Gasteiger partial charge in [-0.05, 0) is 42.3 Å². The molecule has 0 saturated heterocycles. The molecule has 1 atom stereocenters. The van der Waals surface area contributed by atoms with E-state index in [1.54, 1.807) is 18.2 Å². The van der Waals surface area contributed by atoms with Crippen LogP contribution in [0.15, 0.2) is 40.9 Å². The first-order valence-electron chi connectivity index (χ1n) is 6.08. The molecule has 0 aliphatic rings. The molecule has 0 aliphatic heterocycles.